The third-order valence-electron chi connectivity index (χ3n) is 2.96. The minimum absolute atomic E-state index is 0.497. The molecule has 0 aliphatic heterocycles. The number of hydrogen-bond donors (Lipinski definition) is 0. The number of hydrogen-bond acceptors (Lipinski definition) is 0. The van der Waals surface area contributed by atoms with E-state index in [1.165, 1.54) is 11.1 Å². The zero-order valence-electron chi connectivity index (χ0n) is 10.3. The summed E-state index contributed by atoms with van der Waals surface area (Å²) < 4.78 is 0. The molecule has 0 aromatic heterocycles. The van der Waals surface area contributed by atoms with Crippen molar-refractivity contribution < 1.29 is 0 Å². The van der Waals surface area contributed by atoms with Gasteiger partial charge in [-0.1, -0.05) is 62.2 Å². The Morgan fingerprint density at radius 1 is 0.882 bits per heavy atom. The number of terminal acetylenes is 1. The fourth-order valence-corrected chi connectivity index (χ4v) is 2.09. The summed E-state index contributed by atoms with van der Waals surface area (Å²) in [6.07, 6.45) is 5.56. The van der Waals surface area contributed by atoms with Gasteiger partial charge in [0.2, 0.25) is 0 Å². The molecule has 84 valence electrons. The highest BCUT2D eigenvalue weighted by atomic mass is 14.1. The molecular formula is C17H16. The predicted octanol–water partition coefficient (Wildman–Crippen LogP) is 4.46. The normalized spacial score (nSPS) is 10.2. The first-order valence-electron chi connectivity index (χ1n) is 5.89. The highest BCUT2D eigenvalue weighted by Gasteiger charge is 2.09. The molecule has 2 aromatic carbocycles. The van der Waals surface area contributed by atoms with E-state index in [0.29, 0.717) is 5.92 Å². The second kappa shape index (κ2) is 4.89. The van der Waals surface area contributed by atoms with Crippen LogP contribution in [-0.2, 0) is 0 Å². The van der Waals surface area contributed by atoms with Gasteiger partial charge in [0.15, 0.2) is 0 Å². The molecule has 0 aliphatic rings. The van der Waals surface area contributed by atoms with Gasteiger partial charge < -0.3 is 0 Å². The summed E-state index contributed by atoms with van der Waals surface area (Å²) in [4.78, 5) is 0. The molecule has 2 aromatic rings. The lowest BCUT2D eigenvalue weighted by atomic mass is 9.90. The quantitative estimate of drug-likeness (QED) is 0.655. The first-order chi connectivity index (χ1) is 8.24. The molecule has 0 unspecified atom stereocenters. The van der Waals surface area contributed by atoms with Gasteiger partial charge in [0, 0.05) is 5.56 Å². The van der Waals surface area contributed by atoms with E-state index in [-0.39, 0.29) is 0 Å². The van der Waals surface area contributed by atoms with Crippen molar-refractivity contribution in [3.63, 3.8) is 0 Å². The molecule has 0 amide bonds. The predicted molar refractivity (Wildman–Crippen MR) is 73.9 cm³/mol. The fraction of sp³-hybridized carbons (Fsp3) is 0.176. The molecule has 0 bridgehead atoms. The Kier molecular flexibility index (Phi) is 3.30. The first kappa shape index (κ1) is 11.5. The summed E-state index contributed by atoms with van der Waals surface area (Å²) in [6, 6.07) is 16.6. The van der Waals surface area contributed by atoms with E-state index in [2.05, 4.69) is 50.1 Å². The van der Waals surface area contributed by atoms with Crippen LogP contribution in [0.25, 0.3) is 11.1 Å². The van der Waals surface area contributed by atoms with E-state index in [4.69, 9.17) is 6.42 Å². The van der Waals surface area contributed by atoms with Crippen molar-refractivity contribution in [2.45, 2.75) is 19.8 Å². The van der Waals surface area contributed by atoms with Crippen LogP contribution < -0.4 is 0 Å². The van der Waals surface area contributed by atoms with Gasteiger partial charge in [0.1, 0.15) is 0 Å². The summed E-state index contributed by atoms with van der Waals surface area (Å²) in [5.41, 5.74) is 4.70. The largest absolute Gasteiger partial charge is 0.115 e. The Labute approximate surface area is 103 Å². The molecule has 0 heteroatoms. The van der Waals surface area contributed by atoms with Gasteiger partial charge in [-0.05, 0) is 28.7 Å². The Morgan fingerprint density at radius 2 is 1.47 bits per heavy atom. The molecule has 2 rings (SSSR count). The van der Waals surface area contributed by atoms with E-state index in [9.17, 15) is 0 Å². The van der Waals surface area contributed by atoms with Gasteiger partial charge in [0.05, 0.1) is 0 Å². The van der Waals surface area contributed by atoms with Crippen molar-refractivity contribution in [3.8, 4) is 23.5 Å². The molecule has 0 nitrogen and oxygen atoms in total. The molecule has 0 aliphatic carbocycles. The van der Waals surface area contributed by atoms with Crippen LogP contribution in [0.5, 0.6) is 0 Å². The molecule has 0 atom stereocenters. The molecule has 0 N–H and O–H groups in total. The topological polar surface area (TPSA) is 0 Å². The van der Waals surface area contributed by atoms with Crippen LogP contribution in [0.3, 0.4) is 0 Å². The van der Waals surface area contributed by atoms with E-state index in [1.807, 2.05) is 18.2 Å². The maximum absolute atomic E-state index is 5.56. The van der Waals surface area contributed by atoms with Crippen molar-refractivity contribution in [1.82, 2.24) is 0 Å². The molecule has 0 saturated carbocycles. The van der Waals surface area contributed by atoms with Crippen molar-refractivity contribution >= 4 is 0 Å². The highest BCUT2D eigenvalue weighted by molar-refractivity contribution is 5.74. The van der Waals surface area contributed by atoms with E-state index in [0.717, 1.165) is 11.1 Å². The second-order valence-electron chi connectivity index (χ2n) is 4.43. The fourth-order valence-electron chi connectivity index (χ4n) is 2.09. The van der Waals surface area contributed by atoms with Crippen LogP contribution in [-0.4, -0.2) is 0 Å². The lowest BCUT2D eigenvalue weighted by Gasteiger charge is -2.14. The van der Waals surface area contributed by atoms with Crippen LogP contribution in [0, 0.1) is 12.3 Å². The molecule has 0 spiro atoms. The van der Waals surface area contributed by atoms with Crippen molar-refractivity contribution in [2.24, 2.45) is 0 Å². The highest BCUT2D eigenvalue weighted by Crippen LogP contribution is 2.30. The van der Waals surface area contributed by atoms with Gasteiger partial charge >= 0.3 is 0 Å². The maximum Gasteiger partial charge on any atom is 0.0321 e. The zero-order valence-corrected chi connectivity index (χ0v) is 10.3. The number of benzene rings is 2. The van der Waals surface area contributed by atoms with Crippen LogP contribution in [0.4, 0.5) is 0 Å². The molecule has 0 radical (unpaired) electrons. The first-order valence-corrected chi connectivity index (χ1v) is 5.89. The van der Waals surface area contributed by atoms with Gasteiger partial charge in [-0.25, -0.2) is 0 Å². The summed E-state index contributed by atoms with van der Waals surface area (Å²) in [5.74, 6) is 3.26. The van der Waals surface area contributed by atoms with Gasteiger partial charge in [0.25, 0.3) is 0 Å². The van der Waals surface area contributed by atoms with Gasteiger partial charge in [-0.2, -0.15) is 0 Å². The Balaban J connectivity index is 2.65. The zero-order chi connectivity index (χ0) is 12.3. The average molecular weight is 220 g/mol. The van der Waals surface area contributed by atoms with Crippen molar-refractivity contribution in [1.29, 1.82) is 0 Å². The maximum atomic E-state index is 5.56. The van der Waals surface area contributed by atoms with Crippen LogP contribution in [0.2, 0.25) is 0 Å². The SMILES string of the molecule is C#Cc1ccccc1-c1ccccc1C(C)C. The summed E-state index contributed by atoms with van der Waals surface area (Å²) in [6.45, 7) is 4.41. The Hall–Kier alpha value is -2.00. The molecule has 0 fully saturated rings. The van der Waals surface area contributed by atoms with E-state index < -0.39 is 0 Å². The Bertz CT molecular complexity index is 556. The standard InChI is InChI=1S/C17H16/c1-4-14-9-5-6-11-16(14)17-12-8-7-10-15(17)13(2)3/h1,5-13H,2-3H3. The van der Waals surface area contributed by atoms with E-state index in [1.54, 1.807) is 0 Å². The lowest BCUT2D eigenvalue weighted by molar-refractivity contribution is 0.869. The molecule has 0 heterocycles. The summed E-state index contributed by atoms with van der Waals surface area (Å²) >= 11 is 0. The summed E-state index contributed by atoms with van der Waals surface area (Å²) in [7, 11) is 0. The van der Waals surface area contributed by atoms with Crippen LogP contribution >= 0.6 is 0 Å². The number of rotatable bonds is 2. The van der Waals surface area contributed by atoms with E-state index >= 15 is 0 Å². The second-order valence-corrected chi connectivity index (χ2v) is 4.43. The minimum atomic E-state index is 0.497. The third-order valence-corrected chi connectivity index (χ3v) is 2.96. The third kappa shape index (κ3) is 2.24. The Morgan fingerprint density at radius 3 is 2.12 bits per heavy atom. The van der Waals surface area contributed by atoms with Crippen LogP contribution in [0.15, 0.2) is 48.5 Å². The molecule has 17 heavy (non-hydrogen) atoms. The minimum Gasteiger partial charge on any atom is -0.115 e. The van der Waals surface area contributed by atoms with Crippen LogP contribution in [0.1, 0.15) is 30.9 Å². The monoisotopic (exact) mass is 220 g/mol. The van der Waals surface area contributed by atoms with Gasteiger partial charge in [-0.15, -0.1) is 6.42 Å². The van der Waals surface area contributed by atoms with Crippen molar-refractivity contribution in [2.75, 3.05) is 0 Å². The van der Waals surface area contributed by atoms with Gasteiger partial charge in [-0.3, -0.25) is 0 Å². The summed E-state index contributed by atoms with van der Waals surface area (Å²) in [5, 5.41) is 0. The smallest absolute Gasteiger partial charge is 0.0321 e. The van der Waals surface area contributed by atoms with Crippen molar-refractivity contribution in [3.05, 3.63) is 59.7 Å². The molecular weight excluding hydrogens is 204 g/mol. The molecule has 0 saturated heterocycles. The lowest BCUT2D eigenvalue weighted by Crippen LogP contribution is -1.93. The average Bonchev–Trinajstić information content (AvgIpc) is 2.38.